The number of fused-ring (bicyclic) bond motifs is 1. The molecule has 18 heavy (non-hydrogen) atoms. The van der Waals surface area contributed by atoms with Crippen LogP contribution >= 0.6 is 15.9 Å². The van der Waals surface area contributed by atoms with E-state index in [4.69, 9.17) is 0 Å². The van der Waals surface area contributed by atoms with Crippen molar-refractivity contribution in [1.82, 2.24) is 10.3 Å². The van der Waals surface area contributed by atoms with Crippen molar-refractivity contribution in [2.45, 2.75) is 25.8 Å². The highest BCUT2D eigenvalue weighted by atomic mass is 79.9. The molecule has 2 atom stereocenters. The van der Waals surface area contributed by atoms with Crippen LogP contribution < -0.4 is 5.32 Å². The van der Waals surface area contributed by atoms with Gasteiger partial charge in [0, 0.05) is 22.1 Å². The number of aromatic nitrogens is 1. The number of nitrogens with zero attached hydrogens (tertiary/aromatic N) is 1. The highest BCUT2D eigenvalue weighted by Gasteiger charge is 2.28. The van der Waals surface area contributed by atoms with Crippen LogP contribution in [0.3, 0.4) is 0 Å². The second-order valence-electron chi connectivity index (χ2n) is 4.92. The molecule has 3 rings (SSSR count). The van der Waals surface area contributed by atoms with Crippen molar-refractivity contribution in [1.29, 1.82) is 0 Å². The summed E-state index contributed by atoms with van der Waals surface area (Å²) in [6.45, 7) is 3.40. The molecule has 0 amide bonds. The molecule has 0 spiro atoms. The molecular formula is C15H17BrN2. The zero-order chi connectivity index (χ0) is 12.5. The van der Waals surface area contributed by atoms with E-state index in [1.165, 1.54) is 23.8 Å². The van der Waals surface area contributed by atoms with Crippen molar-refractivity contribution in [3.05, 3.63) is 40.5 Å². The summed E-state index contributed by atoms with van der Waals surface area (Å²) >= 11 is 3.61. The van der Waals surface area contributed by atoms with Gasteiger partial charge in [-0.15, -0.1) is 0 Å². The van der Waals surface area contributed by atoms with Gasteiger partial charge < -0.3 is 5.32 Å². The van der Waals surface area contributed by atoms with Crippen molar-refractivity contribution < 1.29 is 0 Å². The van der Waals surface area contributed by atoms with Gasteiger partial charge in [0.15, 0.2) is 0 Å². The molecule has 1 saturated heterocycles. The zero-order valence-corrected chi connectivity index (χ0v) is 12.1. The first-order chi connectivity index (χ1) is 8.81. The van der Waals surface area contributed by atoms with Gasteiger partial charge in [-0.25, -0.2) is 0 Å². The van der Waals surface area contributed by atoms with E-state index in [2.05, 4.69) is 51.4 Å². The first kappa shape index (κ1) is 12.1. The van der Waals surface area contributed by atoms with Crippen LogP contribution in [-0.4, -0.2) is 11.5 Å². The first-order valence-electron chi connectivity index (χ1n) is 6.57. The number of benzene rings is 1. The summed E-state index contributed by atoms with van der Waals surface area (Å²) in [5, 5.41) is 4.84. The number of hydrogen-bond acceptors (Lipinski definition) is 2. The van der Waals surface area contributed by atoms with Crippen molar-refractivity contribution >= 4 is 26.8 Å². The lowest BCUT2D eigenvalue weighted by Crippen LogP contribution is -2.18. The van der Waals surface area contributed by atoms with E-state index >= 15 is 0 Å². The van der Waals surface area contributed by atoms with Crippen LogP contribution in [0, 0.1) is 5.92 Å². The monoisotopic (exact) mass is 304 g/mol. The van der Waals surface area contributed by atoms with E-state index in [9.17, 15) is 0 Å². The quantitative estimate of drug-likeness (QED) is 0.905. The van der Waals surface area contributed by atoms with E-state index in [0.29, 0.717) is 6.04 Å². The Morgan fingerprint density at radius 1 is 1.39 bits per heavy atom. The molecule has 1 aromatic carbocycles. The Labute approximate surface area is 116 Å². The molecule has 0 saturated carbocycles. The van der Waals surface area contributed by atoms with E-state index in [1.54, 1.807) is 0 Å². The van der Waals surface area contributed by atoms with Gasteiger partial charge >= 0.3 is 0 Å². The van der Waals surface area contributed by atoms with Crippen LogP contribution in [-0.2, 0) is 0 Å². The molecule has 1 aliphatic heterocycles. The number of pyridine rings is 1. The van der Waals surface area contributed by atoms with Gasteiger partial charge in [0.1, 0.15) is 0 Å². The molecule has 1 fully saturated rings. The standard InChI is InChI=1S/C15H17BrN2/c1-2-10-7-9-18-14(10)12-5-6-13(16)11-4-3-8-17-15(11)12/h3-6,8,10,14,18H,2,7,9H2,1H3. The van der Waals surface area contributed by atoms with Gasteiger partial charge in [0.2, 0.25) is 0 Å². The van der Waals surface area contributed by atoms with Gasteiger partial charge in [-0.1, -0.05) is 41.4 Å². The minimum atomic E-state index is 0.459. The van der Waals surface area contributed by atoms with E-state index < -0.39 is 0 Å². The predicted octanol–water partition coefficient (Wildman–Crippen LogP) is 4.06. The molecule has 2 aromatic rings. The maximum absolute atomic E-state index is 4.59. The number of halogens is 1. The summed E-state index contributed by atoms with van der Waals surface area (Å²) in [4.78, 5) is 4.59. The number of hydrogen-bond donors (Lipinski definition) is 1. The molecule has 0 aliphatic carbocycles. The van der Waals surface area contributed by atoms with Gasteiger partial charge in [-0.05, 0) is 36.6 Å². The highest BCUT2D eigenvalue weighted by molar-refractivity contribution is 9.10. The summed E-state index contributed by atoms with van der Waals surface area (Å²) in [7, 11) is 0. The minimum absolute atomic E-state index is 0.459. The normalized spacial score (nSPS) is 23.7. The van der Waals surface area contributed by atoms with Crippen LogP contribution in [0.2, 0.25) is 0 Å². The number of nitrogens with one attached hydrogen (secondary N) is 1. The maximum atomic E-state index is 4.59. The molecule has 94 valence electrons. The lowest BCUT2D eigenvalue weighted by atomic mass is 9.91. The van der Waals surface area contributed by atoms with E-state index in [0.717, 1.165) is 22.5 Å². The smallest absolute Gasteiger partial charge is 0.0761 e. The molecule has 0 bridgehead atoms. The van der Waals surface area contributed by atoms with Crippen molar-refractivity contribution in [2.24, 2.45) is 5.92 Å². The predicted molar refractivity (Wildman–Crippen MR) is 78.6 cm³/mol. The first-order valence-corrected chi connectivity index (χ1v) is 7.37. The molecule has 2 heterocycles. The summed E-state index contributed by atoms with van der Waals surface area (Å²) in [6, 6.07) is 8.94. The molecule has 3 heteroatoms. The fourth-order valence-electron chi connectivity index (χ4n) is 2.97. The van der Waals surface area contributed by atoms with Crippen molar-refractivity contribution in [2.75, 3.05) is 6.54 Å². The fraction of sp³-hybridized carbons (Fsp3) is 0.400. The Kier molecular flexibility index (Phi) is 3.35. The van der Waals surface area contributed by atoms with Crippen LogP contribution in [0.1, 0.15) is 31.4 Å². The highest BCUT2D eigenvalue weighted by Crippen LogP contribution is 2.36. The second kappa shape index (κ2) is 4.98. The minimum Gasteiger partial charge on any atom is -0.310 e. The van der Waals surface area contributed by atoms with Gasteiger partial charge in [-0.2, -0.15) is 0 Å². The molecule has 2 unspecified atom stereocenters. The molecule has 1 N–H and O–H groups in total. The maximum Gasteiger partial charge on any atom is 0.0761 e. The second-order valence-corrected chi connectivity index (χ2v) is 5.78. The summed E-state index contributed by atoms with van der Waals surface area (Å²) in [6.07, 6.45) is 4.38. The third-order valence-corrected chi connectivity index (χ3v) is 4.65. The zero-order valence-electron chi connectivity index (χ0n) is 10.5. The van der Waals surface area contributed by atoms with Gasteiger partial charge in [0.05, 0.1) is 5.52 Å². The van der Waals surface area contributed by atoms with Gasteiger partial charge in [-0.3, -0.25) is 4.98 Å². The van der Waals surface area contributed by atoms with Crippen LogP contribution in [0.15, 0.2) is 34.9 Å². The summed E-state index contributed by atoms with van der Waals surface area (Å²) < 4.78 is 1.13. The van der Waals surface area contributed by atoms with Crippen molar-refractivity contribution in [3.8, 4) is 0 Å². The average Bonchev–Trinajstić information content (AvgIpc) is 2.88. The van der Waals surface area contributed by atoms with Crippen LogP contribution in [0.25, 0.3) is 10.9 Å². The third kappa shape index (κ3) is 1.95. The van der Waals surface area contributed by atoms with E-state index in [1.807, 2.05) is 12.3 Å². The SMILES string of the molecule is CCC1CCNC1c1ccc(Br)c2cccnc12. The molecule has 2 nitrogen and oxygen atoms in total. The molecule has 1 aliphatic rings. The average molecular weight is 305 g/mol. The van der Waals surface area contributed by atoms with E-state index in [-0.39, 0.29) is 0 Å². The van der Waals surface area contributed by atoms with Gasteiger partial charge in [0.25, 0.3) is 0 Å². The van der Waals surface area contributed by atoms with Crippen LogP contribution in [0.4, 0.5) is 0 Å². The fourth-order valence-corrected chi connectivity index (χ4v) is 3.42. The van der Waals surface area contributed by atoms with Crippen molar-refractivity contribution in [3.63, 3.8) is 0 Å². The lowest BCUT2D eigenvalue weighted by Gasteiger charge is -2.20. The molecule has 1 aromatic heterocycles. The molecule has 0 radical (unpaired) electrons. The molecular weight excluding hydrogens is 288 g/mol. The Hall–Kier alpha value is -0.930. The Balaban J connectivity index is 2.15. The topological polar surface area (TPSA) is 24.9 Å². The Morgan fingerprint density at radius 2 is 2.28 bits per heavy atom. The number of rotatable bonds is 2. The Morgan fingerprint density at radius 3 is 3.11 bits per heavy atom. The third-order valence-electron chi connectivity index (χ3n) is 3.96. The largest absolute Gasteiger partial charge is 0.310 e. The summed E-state index contributed by atoms with van der Waals surface area (Å²) in [5.74, 6) is 0.733. The lowest BCUT2D eigenvalue weighted by molar-refractivity contribution is 0.451. The Bertz CT molecular complexity index is 567. The van der Waals surface area contributed by atoms with Crippen LogP contribution in [0.5, 0.6) is 0 Å². The summed E-state index contributed by atoms with van der Waals surface area (Å²) in [5.41, 5.74) is 2.47.